The third-order valence-electron chi connectivity index (χ3n) is 6.86. The van der Waals surface area contributed by atoms with Crippen LogP contribution in [0, 0.1) is 0 Å². The number of hydrogen-bond donors (Lipinski definition) is 0. The highest BCUT2D eigenvalue weighted by Crippen LogP contribution is 2.34. The van der Waals surface area contributed by atoms with Gasteiger partial charge in [-0.3, -0.25) is 19.3 Å². The zero-order valence-electron chi connectivity index (χ0n) is 24.7. The molecule has 3 aromatic carbocycles. The van der Waals surface area contributed by atoms with Crippen LogP contribution in [0.25, 0.3) is 0 Å². The molecule has 1 heterocycles. The van der Waals surface area contributed by atoms with E-state index in [0.29, 0.717) is 24.6 Å². The van der Waals surface area contributed by atoms with Crippen LogP contribution in [0.4, 0.5) is 0 Å². The van der Waals surface area contributed by atoms with Gasteiger partial charge in [0.05, 0.1) is 7.11 Å². The molecule has 1 aliphatic heterocycles. The fraction of sp³-hybridized carbons (Fsp3) is 0.364. The summed E-state index contributed by atoms with van der Waals surface area (Å²) in [5, 5.41) is 0. The molecular weight excluding hydrogens is 554 g/mol. The van der Waals surface area contributed by atoms with Crippen LogP contribution >= 0.6 is 0 Å². The van der Waals surface area contributed by atoms with Gasteiger partial charge >= 0.3 is 17.9 Å². The second kappa shape index (κ2) is 15.2. The third kappa shape index (κ3) is 9.04. The van der Waals surface area contributed by atoms with Crippen LogP contribution in [0.5, 0.6) is 11.5 Å². The first-order valence-corrected chi connectivity index (χ1v) is 14.0. The molecule has 0 unspecified atom stereocenters. The van der Waals surface area contributed by atoms with Crippen LogP contribution < -0.4 is 9.47 Å². The van der Waals surface area contributed by atoms with E-state index in [1.165, 1.54) is 20.8 Å². The van der Waals surface area contributed by atoms with Gasteiger partial charge in [0.25, 0.3) is 0 Å². The van der Waals surface area contributed by atoms with Gasteiger partial charge in [-0.1, -0.05) is 60.7 Å². The lowest BCUT2D eigenvalue weighted by Crippen LogP contribution is -2.67. The molecule has 43 heavy (non-hydrogen) atoms. The third-order valence-corrected chi connectivity index (χ3v) is 6.86. The van der Waals surface area contributed by atoms with Gasteiger partial charge in [0.2, 0.25) is 6.29 Å². The number of esters is 3. The average Bonchev–Trinajstić information content (AvgIpc) is 2.98. The van der Waals surface area contributed by atoms with Crippen molar-refractivity contribution in [3.63, 3.8) is 0 Å². The van der Waals surface area contributed by atoms with Crippen molar-refractivity contribution in [1.82, 2.24) is 4.90 Å². The maximum absolute atomic E-state index is 12.6. The monoisotopic (exact) mass is 591 g/mol. The Morgan fingerprint density at radius 2 is 1.21 bits per heavy atom. The summed E-state index contributed by atoms with van der Waals surface area (Å²) in [4.78, 5) is 38.7. The first kappa shape index (κ1) is 31.5. The zero-order valence-corrected chi connectivity index (χ0v) is 24.7. The van der Waals surface area contributed by atoms with Crippen molar-refractivity contribution in [3.05, 3.63) is 96.1 Å². The predicted molar refractivity (Wildman–Crippen MR) is 156 cm³/mol. The molecule has 4 rings (SSSR count). The van der Waals surface area contributed by atoms with Gasteiger partial charge in [0.1, 0.15) is 30.3 Å². The van der Waals surface area contributed by atoms with Gasteiger partial charge < -0.3 is 28.4 Å². The highest BCUT2D eigenvalue weighted by atomic mass is 16.7. The van der Waals surface area contributed by atoms with Gasteiger partial charge in [0.15, 0.2) is 12.2 Å². The summed E-state index contributed by atoms with van der Waals surface area (Å²) in [6.07, 6.45) is -4.19. The zero-order chi connectivity index (χ0) is 30.8. The molecule has 1 saturated heterocycles. The van der Waals surface area contributed by atoms with Crippen molar-refractivity contribution in [2.24, 2.45) is 0 Å². The van der Waals surface area contributed by atoms with E-state index in [1.807, 2.05) is 60.7 Å². The molecule has 0 radical (unpaired) electrons. The molecule has 3 aromatic rings. The predicted octanol–water partition coefficient (Wildman–Crippen LogP) is 4.30. The lowest BCUT2D eigenvalue weighted by atomic mass is 9.93. The minimum Gasteiger partial charge on any atom is -0.497 e. The van der Waals surface area contributed by atoms with Crippen molar-refractivity contribution in [2.45, 2.75) is 64.5 Å². The quantitative estimate of drug-likeness (QED) is 0.223. The maximum Gasteiger partial charge on any atom is 0.303 e. The number of methoxy groups -OCH3 is 1. The first-order chi connectivity index (χ1) is 20.7. The molecule has 0 aromatic heterocycles. The van der Waals surface area contributed by atoms with Crippen molar-refractivity contribution < 1.29 is 42.8 Å². The average molecular weight is 592 g/mol. The van der Waals surface area contributed by atoms with E-state index < -0.39 is 48.6 Å². The number of nitrogens with zero attached hydrogens (tertiary/aromatic N) is 1. The number of ether oxygens (including phenoxy) is 6. The standard InChI is InChI=1S/C33H37NO9/c1-22(35)39-21-29-31(40-23(2)36)32(41-24(3)37)30(33(43-29)42-28-17-15-27(38-4)16-18-28)34(19-25-11-7-5-8-12-25)20-26-13-9-6-10-14-26/h5-18,29-33H,19-21H2,1-4H3/t29-,30-,31-,32-,33-/m1/s1. The van der Waals surface area contributed by atoms with Crippen LogP contribution in [0.15, 0.2) is 84.9 Å². The maximum atomic E-state index is 12.6. The molecule has 5 atom stereocenters. The van der Waals surface area contributed by atoms with E-state index in [4.69, 9.17) is 28.4 Å². The molecule has 228 valence electrons. The van der Waals surface area contributed by atoms with E-state index in [0.717, 1.165) is 11.1 Å². The smallest absolute Gasteiger partial charge is 0.303 e. The summed E-state index contributed by atoms with van der Waals surface area (Å²) >= 11 is 0. The van der Waals surface area contributed by atoms with E-state index in [1.54, 1.807) is 31.4 Å². The van der Waals surface area contributed by atoms with Gasteiger partial charge in [0, 0.05) is 33.9 Å². The van der Waals surface area contributed by atoms with Gasteiger partial charge in [-0.2, -0.15) is 0 Å². The van der Waals surface area contributed by atoms with Crippen LogP contribution in [0.1, 0.15) is 31.9 Å². The van der Waals surface area contributed by atoms with Crippen molar-refractivity contribution in [3.8, 4) is 11.5 Å². The molecule has 10 heteroatoms. The van der Waals surface area contributed by atoms with Crippen LogP contribution in [-0.2, 0) is 46.4 Å². The van der Waals surface area contributed by atoms with Gasteiger partial charge in [-0.15, -0.1) is 0 Å². The lowest BCUT2D eigenvalue weighted by molar-refractivity contribution is -0.274. The molecule has 0 saturated carbocycles. The van der Waals surface area contributed by atoms with Crippen molar-refractivity contribution in [2.75, 3.05) is 13.7 Å². The van der Waals surface area contributed by atoms with E-state index >= 15 is 0 Å². The summed E-state index contributed by atoms with van der Waals surface area (Å²) in [7, 11) is 1.57. The highest BCUT2D eigenvalue weighted by Gasteiger charge is 2.53. The van der Waals surface area contributed by atoms with Gasteiger partial charge in [-0.25, -0.2) is 0 Å². The summed E-state index contributed by atoms with van der Waals surface area (Å²) in [6, 6.07) is 25.8. The Bertz CT molecular complexity index is 1290. The molecule has 10 nitrogen and oxygen atoms in total. The van der Waals surface area contributed by atoms with Crippen molar-refractivity contribution in [1.29, 1.82) is 0 Å². The SMILES string of the molecule is COc1ccc(O[C@@H]2O[C@H](COC(C)=O)[C@@H](OC(C)=O)[C@H](OC(C)=O)[C@H]2N(Cc2ccccc2)Cc2ccccc2)cc1. The lowest BCUT2D eigenvalue weighted by Gasteiger charge is -2.48. The highest BCUT2D eigenvalue weighted by molar-refractivity contribution is 5.68. The fourth-order valence-corrected chi connectivity index (χ4v) is 5.06. The molecule has 1 fully saturated rings. The Morgan fingerprint density at radius 3 is 1.70 bits per heavy atom. The van der Waals surface area contributed by atoms with Gasteiger partial charge in [-0.05, 0) is 35.4 Å². The summed E-state index contributed by atoms with van der Waals surface area (Å²) in [6.45, 7) is 4.40. The number of hydrogen-bond acceptors (Lipinski definition) is 10. The van der Waals surface area contributed by atoms with Crippen LogP contribution in [0.2, 0.25) is 0 Å². The molecule has 0 aliphatic carbocycles. The Labute approximate surface area is 251 Å². The Hall–Kier alpha value is -4.41. The number of rotatable bonds is 12. The van der Waals surface area contributed by atoms with E-state index in [9.17, 15) is 14.4 Å². The molecule has 0 amide bonds. The van der Waals surface area contributed by atoms with E-state index in [2.05, 4.69) is 4.90 Å². The number of carbonyl (C=O) groups is 3. The normalized spacial score (nSPS) is 21.5. The largest absolute Gasteiger partial charge is 0.497 e. The second-order valence-corrected chi connectivity index (χ2v) is 10.2. The minimum absolute atomic E-state index is 0.252. The second-order valence-electron chi connectivity index (χ2n) is 10.2. The molecule has 1 aliphatic rings. The fourth-order valence-electron chi connectivity index (χ4n) is 5.06. The Morgan fingerprint density at radius 1 is 0.698 bits per heavy atom. The summed E-state index contributed by atoms with van der Waals surface area (Å²) < 4.78 is 35.1. The van der Waals surface area contributed by atoms with E-state index in [-0.39, 0.29) is 6.61 Å². The van der Waals surface area contributed by atoms with Crippen LogP contribution in [0.3, 0.4) is 0 Å². The summed E-state index contributed by atoms with van der Waals surface area (Å²) in [5.74, 6) is -0.622. The first-order valence-electron chi connectivity index (χ1n) is 14.0. The Balaban J connectivity index is 1.82. The Kier molecular flexibility index (Phi) is 11.1. The summed E-state index contributed by atoms with van der Waals surface area (Å²) in [5.41, 5.74) is 1.99. The number of benzene rings is 3. The molecule has 0 N–H and O–H groups in total. The number of carbonyl (C=O) groups excluding carboxylic acids is 3. The molecule has 0 spiro atoms. The minimum atomic E-state index is -1.10. The van der Waals surface area contributed by atoms with Crippen LogP contribution in [-0.4, -0.2) is 67.2 Å². The van der Waals surface area contributed by atoms with Crippen molar-refractivity contribution >= 4 is 17.9 Å². The molecule has 0 bridgehead atoms. The molecular formula is C33H37NO9. The topological polar surface area (TPSA) is 110 Å².